The molecule has 4 aromatic rings. The van der Waals surface area contributed by atoms with Crippen molar-refractivity contribution in [1.82, 2.24) is 24.5 Å². The van der Waals surface area contributed by atoms with Gasteiger partial charge >= 0.3 is 0 Å². The number of nitrogens with one attached hydrogen (secondary N) is 1. The molecule has 4 rings (SSSR count). The van der Waals surface area contributed by atoms with Gasteiger partial charge in [0.05, 0.1) is 25.3 Å². The van der Waals surface area contributed by atoms with E-state index in [-0.39, 0.29) is 17.9 Å². The van der Waals surface area contributed by atoms with Crippen molar-refractivity contribution in [3.8, 4) is 17.0 Å². The lowest BCUT2D eigenvalue weighted by atomic mass is 10.1. The molecular weight excluding hydrogens is 402 g/mol. The molecule has 0 saturated carbocycles. The maximum Gasteiger partial charge on any atom is 0.266 e. The highest BCUT2D eigenvalue weighted by molar-refractivity contribution is 7.15. The molecule has 0 spiro atoms. The zero-order chi connectivity index (χ0) is 20.9. The Hall–Kier alpha value is -3.46. The van der Waals surface area contributed by atoms with Gasteiger partial charge in [0.2, 0.25) is 5.91 Å². The summed E-state index contributed by atoms with van der Waals surface area (Å²) in [6, 6.07) is 10.8. The number of benzene rings is 1. The van der Waals surface area contributed by atoms with Gasteiger partial charge in [-0.25, -0.2) is 9.67 Å². The van der Waals surface area contributed by atoms with Crippen molar-refractivity contribution < 1.29 is 9.53 Å². The van der Waals surface area contributed by atoms with Gasteiger partial charge in [-0.3, -0.25) is 14.0 Å². The van der Waals surface area contributed by atoms with Crippen LogP contribution in [0.5, 0.6) is 5.75 Å². The van der Waals surface area contributed by atoms with Crippen molar-refractivity contribution in [2.75, 3.05) is 13.2 Å². The average molecular weight is 423 g/mol. The van der Waals surface area contributed by atoms with Crippen LogP contribution in [0.1, 0.15) is 12.6 Å². The second-order valence-corrected chi connectivity index (χ2v) is 7.41. The van der Waals surface area contributed by atoms with Crippen LogP contribution in [0.15, 0.2) is 59.0 Å². The highest BCUT2D eigenvalue weighted by atomic mass is 32.1. The van der Waals surface area contributed by atoms with E-state index in [1.54, 1.807) is 12.3 Å². The van der Waals surface area contributed by atoms with Crippen LogP contribution >= 0.6 is 11.3 Å². The Morgan fingerprint density at radius 1 is 1.23 bits per heavy atom. The van der Waals surface area contributed by atoms with Gasteiger partial charge in [0.1, 0.15) is 5.75 Å². The number of hydrogen-bond donors (Lipinski definition) is 1. The van der Waals surface area contributed by atoms with Crippen LogP contribution in [0.25, 0.3) is 16.2 Å². The molecule has 1 N–H and O–H groups in total. The SMILES string of the molecule is CCOc1ccc(-c2cn3c(CC(=O)NCCn4ncccc4=O)csc3n2)cc1. The maximum absolute atomic E-state index is 12.3. The second-order valence-electron chi connectivity index (χ2n) is 6.57. The van der Waals surface area contributed by atoms with E-state index in [4.69, 9.17) is 4.74 Å². The summed E-state index contributed by atoms with van der Waals surface area (Å²) in [6.45, 7) is 3.25. The monoisotopic (exact) mass is 423 g/mol. The molecule has 0 radical (unpaired) electrons. The van der Waals surface area contributed by atoms with E-state index in [1.807, 2.05) is 47.2 Å². The fourth-order valence-electron chi connectivity index (χ4n) is 3.07. The molecule has 0 saturated heterocycles. The number of carbonyl (C=O) groups is 1. The van der Waals surface area contributed by atoms with Gasteiger partial charge in [0.25, 0.3) is 5.56 Å². The van der Waals surface area contributed by atoms with Crippen LogP contribution in [0.4, 0.5) is 0 Å². The molecule has 1 amide bonds. The van der Waals surface area contributed by atoms with Gasteiger partial charge in [-0.15, -0.1) is 11.3 Å². The second kappa shape index (κ2) is 8.91. The minimum atomic E-state index is -0.188. The lowest BCUT2D eigenvalue weighted by molar-refractivity contribution is -0.120. The van der Waals surface area contributed by atoms with Gasteiger partial charge in [-0.1, -0.05) is 0 Å². The van der Waals surface area contributed by atoms with Crippen LogP contribution < -0.4 is 15.6 Å². The molecule has 0 aliphatic heterocycles. The van der Waals surface area contributed by atoms with Crippen molar-refractivity contribution in [3.05, 3.63) is 70.2 Å². The normalized spacial score (nSPS) is 11.0. The van der Waals surface area contributed by atoms with Gasteiger partial charge in [0, 0.05) is 41.6 Å². The number of nitrogens with zero attached hydrogens (tertiary/aromatic N) is 4. The Bertz CT molecular complexity index is 1210. The molecular formula is C21H21N5O3S. The third-order valence-corrected chi connectivity index (χ3v) is 5.41. The molecule has 0 atom stereocenters. The summed E-state index contributed by atoms with van der Waals surface area (Å²) in [6.07, 6.45) is 3.72. The number of aromatic nitrogens is 4. The number of hydrogen-bond acceptors (Lipinski definition) is 6. The van der Waals surface area contributed by atoms with Gasteiger partial charge < -0.3 is 10.1 Å². The van der Waals surface area contributed by atoms with Crippen LogP contribution in [0.3, 0.4) is 0 Å². The minimum absolute atomic E-state index is 0.116. The van der Waals surface area contributed by atoms with Crippen molar-refractivity contribution in [2.45, 2.75) is 19.9 Å². The van der Waals surface area contributed by atoms with Crippen molar-refractivity contribution in [3.63, 3.8) is 0 Å². The van der Waals surface area contributed by atoms with Crippen molar-refractivity contribution in [2.24, 2.45) is 0 Å². The predicted molar refractivity (Wildman–Crippen MR) is 115 cm³/mol. The molecule has 8 nitrogen and oxygen atoms in total. The number of ether oxygens (including phenoxy) is 1. The predicted octanol–water partition coefficient (Wildman–Crippen LogP) is 2.38. The molecule has 3 aromatic heterocycles. The molecule has 154 valence electrons. The van der Waals surface area contributed by atoms with Crippen LogP contribution in [0.2, 0.25) is 0 Å². The molecule has 30 heavy (non-hydrogen) atoms. The first kappa shape index (κ1) is 19.8. The van der Waals surface area contributed by atoms with Gasteiger partial charge in [-0.05, 0) is 37.3 Å². The first-order valence-corrected chi connectivity index (χ1v) is 10.5. The molecule has 0 fully saturated rings. The van der Waals surface area contributed by atoms with E-state index < -0.39 is 0 Å². The molecule has 0 aliphatic carbocycles. The van der Waals surface area contributed by atoms with E-state index in [9.17, 15) is 9.59 Å². The third kappa shape index (κ3) is 4.41. The lowest BCUT2D eigenvalue weighted by Crippen LogP contribution is -2.32. The first-order chi connectivity index (χ1) is 14.6. The van der Waals surface area contributed by atoms with Crippen LogP contribution in [0, 0.1) is 0 Å². The molecule has 0 bridgehead atoms. The maximum atomic E-state index is 12.3. The average Bonchev–Trinajstić information content (AvgIpc) is 3.32. The summed E-state index contributed by atoms with van der Waals surface area (Å²) in [5.74, 6) is 0.711. The summed E-state index contributed by atoms with van der Waals surface area (Å²) in [5, 5.41) is 8.75. The van der Waals surface area contributed by atoms with Gasteiger partial charge in [0.15, 0.2) is 4.96 Å². The number of imidazole rings is 1. The number of carbonyl (C=O) groups excluding carboxylic acids is 1. The van der Waals surface area contributed by atoms with E-state index >= 15 is 0 Å². The Kier molecular flexibility index (Phi) is 5.89. The lowest BCUT2D eigenvalue weighted by Gasteiger charge is -2.06. The standard InChI is InChI=1S/C21H21N5O3S/c1-2-29-17-7-5-15(6-8-17)18-13-25-16(14-30-21(25)24-18)12-19(27)22-10-11-26-20(28)4-3-9-23-26/h3-9,13-14H,2,10-12H2,1H3,(H,22,27). The highest BCUT2D eigenvalue weighted by Crippen LogP contribution is 2.25. The number of rotatable bonds is 8. The molecule has 9 heteroatoms. The van der Waals surface area contributed by atoms with E-state index in [0.29, 0.717) is 19.7 Å². The summed E-state index contributed by atoms with van der Waals surface area (Å²) in [5.41, 5.74) is 2.52. The van der Waals surface area contributed by atoms with Crippen LogP contribution in [-0.2, 0) is 17.8 Å². The topological polar surface area (TPSA) is 90.5 Å². The minimum Gasteiger partial charge on any atom is -0.494 e. The van der Waals surface area contributed by atoms with Crippen LogP contribution in [-0.4, -0.2) is 38.2 Å². The summed E-state index contributed by atoms with van der Waals surface area (Å²) in [7, 11) is 0. The van der Waals surface area contributed by atoms with E-state index in [1.165, 1.54) is 22.1 Å². The van der Waals surface area contributed by atoms with Crippen molar-refractivity contribution >= 4 is 22.2 Å². The summed E-state index contributed by atoms with van der Waals surface area (Å²) in [4.78, 5) is 29.5. The number of amides is 1. The Morgan fingerprint density at radius 3 is 2.83 bits per heavy atom. The zero-order valence-corrected chi connectivity index (χ0v) is 17.3. The van der Waals surface area contributed by atoms with E-state index in [2.05, 4.69) is 15.4 Å². The Morgan fingerprint density at radius 2 is 2.07 bits per heavy atom. The largest absolute Gasteiger partial charge is 0.494 e. The fraction of sp³-hybridized carbons (Fsp3) is 0.238. The Balaban J connectivity index is 1.40. The molecule has 0 aliphatic rings. The molecule has 3 heterocycles. The quantitative estimate of drug-likeness (QED) is 0.470. The zero-order valence-electron chi connectivity index (χ0n) is 16.4. The Labute approximate surface area is 176 Å². The molecule has 0 unspecified atom stereocenters. The smallest absolute Gasteiger partial charge is 0.266 e. The fourth-order valence-corrected chi connectivity index (χ4v) is 3.94. The van der Waals surface area contributed by atoms with E-state index in [0.717, 1.165) is 27.7 Å². The summed E-state index contributed by atoms with van der Waals surface area (Å²) < 4.78 is 8.74. The first-order valence-electron chi connectivity index (χ1n) is 9.61. The van der Waals surface area contributed by atoms with Gasteiger partial charge in [-0.2, -0.15) is 5.10 Å². The third-order valence-electron chi connectivity index (χ3n) is 4.52. The number of fused-ring (bicyclic) bond motifs is 1. The highest BCUT2D eigenvalue weighted by Gasteiger charge is 2.12. The summed E-state index contributed by atoms with van der Waals surface area (Å²) >= 11 is 1.50. The number of thiazole rings is 1. The van der Waals surface area contributed by atoms with Crippen molar-refractivity contribution in [1.29, 1.82) is 0 Å². The molecule has 1 aromatic carbocycles.